The highest BCUT2D eigenvalue weighted by Crippen LogP contribution is 2.42. The molecule has 0 spiro atoms. The van der Waals surface area contributed by atoms with Crippen molar-refractivity contribution in [3.63, 3.8) is 0 Å². The normalized spacial score (nSPS) is 16.5. The summed E-state index contributed by atoms with van der Waals surface area (Å²) in [5.74, 6) is 0.252. The van der Waals surface area contributed by atoms with Crippen LogP contribution in [0.25, 0.3) is 10.8 Å². The maximum atomic E-state index is 9.31. The summed E-state index contributed by atoms with van der Waals surface area (Å²) in [6, 6.07) is 17.2. The highest BCUT2D eigenvalue weighted by Gasteiger charge is 2.27. The molecule has 3 aromatic rings. The second-order valence-corrected chi connectivity index (χ2v) is 8.49. The summed E-state index contributed by atoms with van der Waals surface area (Å²) in [7, 11) is 0. The Bertz CT molecular complexity index is 1220. The predicted octanol–water partition coefficient (Wildman–Crippen LogP) is 7.56. The van der Waals surface area contributed by atoms with Crippen molar-refractivity contribution in [3.8, 4) is 0 Å². The third-order valence-corrected chi connectivity index (χ3v) is 6.80. The number of rotatable bonds is 3. The first kappa shape index (κ1) is 19.4. The zero-order chi connectivity index (χ0) is 20.9. The summed E-state index contributed by atoms with van der Waals surface area (Å²) in [5, 5.41) is 11.7. The average Bonchev–Trinajstić information content (AvgIpc) is 2.96. The van der Waals surface area contributed by atoms with Crippen LogP contribution in [-0.2, 0) is 0 Å². The maximum Gasteiger partial charge on any atom is 0.0696 e. The monoisotopic (exact) mass is 379 g/mol. The van der Waals surface area contributed by atoms with E-state index in [0.717, 1.165) is 16.5 Å². The van der Waals surface area contributed by atoms with Gasteiger partial charge in [-0.05, 0) is 74.6 Å². The van der Waals surface area contributed by atoms with Crippen LogP contribution >= 0.6 is 0 Å². The molecule has 4 rings (SSSR count). The Morgan fingerprint density at radius 3 is 2.21 bits per heavy atom. The first-order valence-corrected chi connectivity index (χ1v) is 10.3. The Morgan fingerprint density at radius 2 is 1.52 bits per heavy atom. The van der Waals surface area contributed by atoms with Crippen molar-refractivity contribution in [2.45, 2.75) is 47.5 Å². The van der Waals surface area contributed by atoms with E-state index in [2.05, 4.69) is 96.1 Å². The third kappa shape index (κ3) is 3.06. The molecule has 1 unspecified atom stereocenters. The van der Waals surface area contributed by atoms with Crippen molar-refractivity contribution in [1.29, 1.82) is 5.41 Å². The van der Waals surface area contributed by atoms with Crippen molar-refractivity contribution >= 4 is 16.5 Å². The highest BCUT2D eigenvalue weighted by atomic mass is 14.4. The molecule has 0 aliphatic heterocycles. The lowest BCUT2D eigenvalue weighted by Crippen LogP contribution is -2.13. The summed E-state index contributed by atoms with van der Waals surface area (Å²) in [5.41, 5.74) is 11.8. The van der Waals surface area contributed by atoms with Crippen LogP contribution in [0.3, 0.4) is 0 Å². The van der Waals surface area contributed by atoms with Gasteiger partial charge < -0.3 is 0 Å². The van der Waals surface area contributed by atoms with E-state index in [1.54, 1.807) is 0 Å². The Kier molecular flexibility index (Phi) is 4.78. The minimum atomic E-state index is 0.252. The number of nitrogens with one attached hydrogen (secondary N) is 1. The summed E-state index contributed by atoms with van der Waals surface area (Å²) in [6.45, 7) is 13.1. The number of hydrogen-bond donors (Lipinski definition) is 1. The van der Waals surface area contributed by atoms with Gasteiger partial charge in [0, 0.05) is 17.0 Å². The van der Waals surface area contributed by atoms with Crippen LogP contribution in [0.4, 0.5) is 0 Å². The molecule has 0 amide bonds. The Morgan fingerprint density at radius 1 is 0.793 bits per heavy atom. The van der Waals surface area contributed by atoms with Gasteiger partial charge in [0.1, 0.15) is 0 Å². The van der Waals surface area contributed by atoms with Gasteiger partial charge in [-0.1, -0.05) is 71.3 Å². The zero-order valence-electron chi connectivity index (χ0n) is 18.3. The first-order chi connectivity index (χ1) is 13.8. The van der Waals surface area contributed by atoms with Crippen molar-refractivity contribution < 1.29 is 0 Å². The van der Waals surface area contributed by atoms with Crippen molar-refractivity contribution in [2.75, 3.05) is 0 Å². The van der Waals surface area contributed by atoms with Crippen molar-refractivity contribution in [2.24, 2.45) is 0 Å². The summed E-state index contributed by atoms with van der Waals surface area (Å²) in [6.07, 6.45) is 2.30. The molecule has 0 radical (unpaired) electrons. The molecule has 0 saturated heterocycles. The molecule has 1 aliphatic carbocycles. The van der Waals surface area contributed by atoms with E-state index < -0.39 is 0 Å². The van der Waals surface area contributed by atoms with Gasteiger partial charge in [0.05, 0.1) is 5.71 Å². The van der Waals surface area contributed by atoms with E-state index >= 15 is 0 Å². The molecule has 1 atom stereocenters. The van der Waals surface area contributed by atoms with Crippen LogP contribution in [0.1, 0.15) is 60.1 Å². The topological polar surface area (TPSA) is 23.9 Å². The fourth-order valence-electron chi connectivity index (χ4n) is 4.76. The van der Waals surface area contributed by atoms with E-state index in [1.807, 2.05) is 0 Å². The number of benzene rings is 3. The lowest BCUT2D eigenvalue weighted by Gasteiger charge is -2.23. The first-order valence-electron chi connectivity index (χ1n) is 10.3. The molecule has 0 heterocycles. The minimum absolute atomic E-state index is 0.252. The zero-order valence-corrected chi connectivity index (χ0v) is 18.3. The lowest BCUT2D eigenvalue weighted by molar-refractivity contribution is 0.937. The van der Waals surface area contributed by atoms with Crippen LogP contribution in [0.2, 0.25) is 0 Å². The standard InChI is InChI=1S/C28H29N/c1-16-11-13-23(21(6)19(16)4)28(29)27-24-10-8-7-9-22(24)12-14-25(27)26-18(3)15-17(2)20(26)5/h7-15,26,29H,1-6H3. The number of aryl methyl sites for hydroxylation is 1. The molecule has 0 saturated carbocycles. The van der Waals surface area contributed by atoms with Crippen LogP contribution in [0, 0.1) is 26.2 Å². The van der Waals surface area contributed by atoms with E-state index in [1.165, 1.54) is 44.4 Å². The van der Waals surface area contributed by atoms with Crippen LogP contribution in [-0.4, -0.2) is 5.71 Å². The molecule has 1 N–H and O–H groups in total. The van der Waals surface area contributed by atoms with Crippen LogP contribution in [0.5, 0.6) is 0 Å². The van der Waals surface area contributed by atoms with E-state index in [4.69, 9.17) is 0 Å². The van der Waals surface area contributed by atoms with Gasteiger partial charge >= 0.3 is 0 Å². The van der Waals surface area contributed by atoms with Crippen LogP contribution in [0.15, 0.2) is 71.3 Å². The van der Waals surface area contributed by atoms with E-state index in [-0.39, 0.29) is 5.92 Å². The lowest BCUT2D eigenvalue weighted by atomic mass is 9.80. The molecule has 3 aromatic carbocycles. The van der Waals surface area contributed by atoms with Gasteiger partial charge in [-0.15, -0.1) is 0 Å². The van der Waals surface area contributed by atoms with E-state index in [9.17, 15) is 5.41 Å². The van der Waals surface area contributed by atoms with Crippen molar-refractivity contribution in [3.05, 3.63) is 105 Å². The Hall–Kier alpha value is -2.93. The molecule has 1 heteroatoms. The molecule has 1 nitrogen and oxygen atoms in total. The predicted molar refractivity (Wildman–Crippen MR) is 125 cm³/mol. The van der Waals surface area contributed by atoms with Gasteiger partial charge in [-0.25, -0.2) is 0 Å². The fraction of sp³-hybridized carbons (Fsp3) is 0.250. The molecular formula is C28H29N. The summed E-state index contributed by atoms with van der Waals surface area (Å²) >= 11 is 0. The highest BCUT2D eigenvalue weighted by molar-refractivity contribution is 6.19. The second-order valence-electron chi connectivity index (χ2n) is 8.49. The minimum Gasteiger partial charge on any atom is -0.300 e. The molecule has 146 valence electrons. The summed E-state index contributed by atoms with van der Waals surface area (Å²) < 4.78 is 0. The van der Waals surface area contributed by atoms with E-state index in [0.29, 0.717) is 5.71 Å². The van der Waals surface area contributed by atoms with Gasteiger partial charge in [0.15, 0.2) is 0 Å². The molecule has 0 aromatic heterocycles. The largest absolute Gasteiger partial charge is 0.300 e. The second kappa shape index (κ2) is 7.15. The Labute approximate surface area is 174 Å². The molecular weight excluding hydrogens is 350 g/mol. The molecule has 1 aliphatic rings. The molecule has 0 bridgehead atoms. The van der Waals surface area contributed by atoms with Gasteiger partial charge in [-0.2, -0.15) is 0 Å². The van der Waals surface area contributed by atoms with Gasteiger partial charge in [0.25, 0.3) is 0 Å². The quantitative estimate of drug-likeness (QED) is 0.454. The number of hydrogen-bond acceptors (Lipinski definition) is 1. The summed E-state index contributed by atoms with van der Waals surface area (Å²) in [4.78, 5) is 0. The number of allylic oxidation sites excluding steroid dienone is 4. The average molecular weight is 380 g/mol. The fourth-order valence-corrected chi connectivity index (χ4v) is 4.76. The third-order valence-electron chi connectivity index (χ3n) is 6.80. The Balaban J connectivity index is 2.02. The van der Waals surface area contributed by atoms with Gasteiger partial charge in [-0.3, -0.25) is 5.41 Å². The van der Waals surface area contributed by atoms with Crippen molar-refractivity contribution in [1.82, 2.24) is 0 Å². The maximum absolute atomic E-state index is 9.31. The smallest absolute Gasteiger partial charge is 0.0696 e. The molecule has 29 heavy (non-hydrogen) atoms. The molecule has 0 fully saturated rings. The SMILES string of the molecule is CC1=CC(C)=C(C)C1c1ccc2ccccc2c1C(=N)c1ccc(C)c(C)c1C. The van der Waals surface area contributed by atoms with Gasteiger partial charge in [0.2, 0.25) is 0 Å². The van der Waals surface area contributed by atoms with Crippen LogP contribution < -0.4 is 0 Å². The number of fused-ring (bicyclic) bond motifs is 1.